The molecule has 3 aromatic rings. The van der Waals surface area contributed by atoms with Crippen molar-refractivity contribution in [1.29, 1.82) is 0 Å². The van der Waals surface area contributed by atoms with Gasteiger partial charge in [0.25, 0.3) is 0 Å². The first kappa shape index (κ1) is 12.5. The molecule has 1 aliphatic carbocycles. The zero-order valence-electron chi connectivity index (χ0n) is 11.2. The molecule has 0 radical (unpaired) electrons. The third-order valence-corrected chi connectivity index (χ3v) is 4.58. The number of hydrogen-bond donors (Lipinski definition) is 0. The number of hydrogen-bond acceptors (Lipinski definition) is 7. The van der Waals surface area contributed by atoms with Gasteiger partial charge in [0.15, 0.2) is 0 Å². The molecule has 0 atom stereocenters. The molecular formula is C14H11N3O3S. The van der Waals surface area contributed by atoms with Crippen molar-refractivity contribution in [1.82, 2.24) is 15.1 Å². The van der Waals surface area contributed by atoms with Gasteiger partial charge in [-0.3, -0.25) is 9.78 Å². The van der Waals surface area contributed by atoms with Crippen LogP contribution in [0.15, 0.2) is 28.2 Å². The molecule has 0 saturated heterocycles. The van der Waals surface area contributed by atoms with Crippen LogP contribution >= 0.6 is 11.3 Å². The predicted molar refractivity (Wildman–Crippen MR) is 75.8 cm³/mol. The van der Waals surface area contributed by atoms with E-state index in [1.165, 1.54) is 7.11 Å². The van der Waals surface area contributed by atoms with Gasteiger partial charge in [0, 0.05) is 11.8 Å². The lowest BCUT2D eigenvalue weighted by Gasteiger charge is -2.05. The van der Waals surface area contributed by atoms with Gasteiger partial charge >= 0.3 is 5.97 Å². The van der Waals surface area contributed by atoms with Crippen molar-refractivity contribution in [3.8, 4) is 11.4 Å². The van der Waals surface area contributed by atoms with Crippen molar-refractivity contribution in [3.05, 3.63) is 29.6 Å². The Morgan fingerprint density at radius 3 is 3.10 bits per heavy atom. The summed E-state index contributed by atoms with van der Waals surface area (Å²) in [5.74, 6) is 0.461. The van der Waals surface area contributed by atoms with E-state index >= 15 is 0 Å². The second-order valence-electron chi connectivity index (χ2n) is 5.02. The van der Waals surface area contributed by atoms with Gasteiger partial charge in [-0.25, -0.2) is 0 Å². The summed E-state index contributed by atoms with van der Waals surface area (Å²) in [4.78, 5) is 20.5. The zero-order chi connectivity index (χ0) is 14.4. The number of nitrogens with zero attached hydrogens (tertiary/aromatic N) is 3. The first-order valence-electron chi connectivity index (χ1n) is 6.49. The Kier molecular flexibility index (Phi) is 2.58. The smallest absolute Gasteiger partial charge is 0.321 e. The number of methoxy groups -OCH3 is 1. The maximum atomic E-state index is 11.8. The van der Waals surface area contributed by atoms with Gasteiger partial charge in [-0.2, -0.15) is 4.98 Å². The Balaban J connectivity index is 1.72. The van der Waals surface area contributed by atoms with Gasteiger partial charge in [0.1, 0.15) is 5.41 Å². The Hall–Kier alpha value is -2.28. The van der Waals surface area contributed by atoms with Crippen LogP contribution in [0.3, 0.4) is 0 Å². The van der Waals surface area contributed by atoms with Crippen LogP contribution in [0.5, 0.6) is 0 Å². The third kappa shape index (κ3) is 1.84. The monoisotopic (exact) mass is 301 g/mol. The number of carbonyl (C=O) groups is 1. The van der Waals surface area contributed by atoms with Crippen LogP contribution in [-0.2, 0) is 14.9 Å². The summed E-state index contributed by atoms with van der Waals surface area (Å²) in [6.07, 6.45) is 3.08. The summed E-state index contributed by atoms with van der Waals surface area (Å²) in [5, 5.41) is 5.96. The molecule has 3 heterocycles. The van der Waals surface area contributed by atoms with Gasteiger partial charge in [0.05, 0.1) is 17.3 Å². The minimum absolute atomic E-state index is 0.315. The molecule has 6 nitrogen and oxygen atoms in total. The summed E-state index contributed by atoms with van der Waals surface area (Å²) in [6.45, 7) is 0. The molecule has 1 aliphatic rings. The van der Waals surface area contributed by atoms with E-state index in [2.05, 4.69) is 15.1 Å². The molecule has 1 saturated carbocycles. The summed E-state index contributed by atoms with van der Waals surface area (Å²) >= 11 is 1.61. The fourth-order valence-corrected chi connectivity index (χ4v) is 3.11. The molecule has 0 aliphatic heterocycles. The average Bonchev–Trinajstić information content (AvgIpc) is 2.98. The minimum atomic E-state index is -0.736. The van der Waals surface area contributed by atoms with Crippen LogP contribution < -0.4 is 0 Å². The molecule has 106 valence electrons. The van der Waals surface area contributed by atoms with Gasteiger partial charge in [0.2, 0.25) is 11.7 Å². The number of ether oxygens (including phenoxy) is 1. The lowest BCUT2D eigenvalue weighted by molar-refractivity contribution is -0.144. The van der Waals surface area contributed by atoms with Crippen LogP contribution in [0.1, 0.15) is 18.7 Å². The van der Waals surface area contributed by atoms with Gasteiger partial charge in [-0.1, -0.05) is 5.16 Å². The van der Waals surface area contributed by atoms with Gasteiger partial charge in [-0.05, 0) is 30.4 Å². The number of pyridine rings is 1. The molecular weight excluding hydrogens is 290 g/mol. The van der Waals surface area contributed by atoms with E-state index in [0.717, 1.165) is 15.8 Å². The number of rotatable bonds is 3. The first-order chi connectivity index (χ1) is 10.2. The highest BCUT2D eigenvalue weighted by Crippen LogP contribution is 2.48. The van der Waals surface area contributed by atoms with E-state index in [-0.39, 0.29) is 5.97 Å². The fraction of sp³-hybridized carbons (Fsp3) is 0.286. The number of esters is 1. The van der Waals surface area contributed by atoms with E-state index in [9.17, 15) is 4.79 Å². The normalized spacial score (nSPS) is 16.0. The highest BCUT2D eigenvalue weighted by atomic mass is 32.1. The molecule has 3 aromatic heterocycles. The van der Waals surface area contributed by atoms with Gasteiger partial charge in [-0.15, -0.1) is 11.3 Å². The largest absolute Gasteiger partial charge is 0.468 e. The molecule has 0 amide bonds. The molecule has 1 fully saturated rings. The van der Waals surface area contributed by atoms with Crippen LogP contribution in [0.25, 0.3) is 21.6 Å². The Morgan fingerprint density at radius 1 is 1.48 bits per heavy atom. The summed E-state index contributed by atoms with van der Waals surface area (Å²) < 4.78 is 11.2. The fourth-order valence-electron chi connectivity index (χ4n) is 2.33. The molecule has 7 heteroatoms. The summed E-state index contributed by atoms with van der Waals surface area (Å²) in [5.41, 5.74) is 0.988. The van der Waals surface area contributed by atoms with Crippen molar-refractivity contribution in [2.75, 3.05) is 7.11 Å². The lowest BCUT2D eigenvalue weighted by Crippen LogP contribution is -2.22. The van der Waals surface area contributed by atoms with Crippen LogP contribution in [0, 0.1) is 0 Å². The number of carbonyl (C=O) groups excluding carboxylic acids is 1. The van der Waals surface area contributed by atoms with Crippen molar-refractivity contribution < 1.29 is 14.1 Å². The molecule has 0 unspecified atom stereocenters. The van der Waals surface area contributed by atoms with Crippen molar-refractivity contribution in [2.45, 2.75) is 18.3 Å². The highest BCUT2D eigenvalue weighted by molar-refractivity contribution is 7.17. The second-order valence-corrected chi connectivity index (χ2v) is 5.97. The Morgan fingerprint density at radius 2 is 2.33 bits per heavy atom. The van der Waals surface area contributed by atoms with Crippen molar-refractivity contribution >= 4 is 27.5 Å². The van der Waals surface area contributed by atoms with Crippen LogP contribution in [0.2, 0.25) is 0 Å². The lowest BCUT2D eigenvalue weighted by atomic mass is 10.1. The summed E-state index contributed by atoms with van der Waals surface area (Å²) in [7, 11) is 1.37. The SMILES string of the molecule is COC(=O)C1(c2nc(-c3cnc4ccsc4c3)no2)CC1. The molecule has 4 rings (SSSR count). The topological polar surface area (TPSA) is 78.1 Å². The minimum Gasteiger partial charge on any atom is -0.468 e. The second kappa shape index (κ2) is 4.36. The van der Waals surface area contributed by atoms with E-state index in [0.29, 0.717) is 24.6 Å². The highest BCUT2D eigenvalue weighted by Gasteiger charge is 2.57. The predicted octanol–water partition coefficient (Wildman–Crippen LogP) is 2.55. The van der Waals surface area contributed by atoms with Gasteiger partial charge < -0.3 is 9.26 Å². The third-order valence-electron chi connectivity index (χ3n) is 3.72. The Bertz CT molecular complexity index is 835. The van der Waals surface area contributed by atoms with Crippen molar-refractivity contribution in [3.63, 3.8) is 0 Å². The maximum absolute atomic E-state index is 11.8. The standard InChI is InChI=1S/C14H11N3O3S/c1-19-13(18)14(3-4-14)12-16-11(17-20-12)8-6-10-9(15-7-8)2-5-21-10/h2,5-7H,3-4H2,1H3. The first-order valence-corrected chi connectivity index (χ1v) is 7.37. The zero-order valence-corrected chi connectivity index (χ0v) is 12.0. The van der Waals surface area contributed by atoms with Crippen LogP contribution in [0.4, 0.5) is 0 Å². The quantitative estimate of drug-likeness (QED) is 0.692. The number of thiophene rings is 1. The number of aromatic nitrogens is 3. The van der Waals surface area contributed by atoms with E-state index in [1.807, 2.05) is 17.5 Å². The van der Waals surface area contributed by atoms with E-state index < -0.39 is 5.41 Å². The van der Waals surface area contributed by atoms with Crippen molar-refractivity contribution in [2.24, 2.45) is 0 Å². The maximum Gasteiger partial charge on any atom is 0.321 e. The molecule has 0 bridgehead atoms. The van der Waals surface area contributed by atoms with E-state index in [4.69, 9.17) is 9.26 Å². The average molecular weight is 301 g/mol. The van der Waals surface area contributed by atoms with E-state index in [1.54, 1.807) is 17.5 Å². The molecule has 0 N–H and O–H groups in total. The Labute approximate surface area is 123 Å². The summed E-state index contributed by atoms with van der Waals surface area (Å²) in [6, 6.07) is 3.93. The molecule has 21 heavy (non-hydrogen) atoms. The number of fused-ring (bicyclic) bond motifs is 1. The van der Waals surface area contributed by atoms with Crippen LogP contribution in [-0.4, -0.2) is 28.2 Å². The molecule has 0 aromatic carbocycles. The molecule has 0 spiro atoms.